The van der Waals surface area contributed by atoms with Gasteiger partial charge < -0.3 is 0 Å². The minimum absolute atomic E-state index is 0.326. The average Bonchev–Trinajstić information content (AvgIpc) is 2.30. The zero-order chi connectivity index (χ0) is 9.30. The molecule has 1 unspecified atom stereocenters. The van der Waals surface area contributed by atoms with Gasteiger partial charge in [0.15, 0.2) is 0 Å². The molecule has 0 aliphatic carbocycles. The van der Waals surface area contributed by atoms with Gasteiger partial charge in [0.1, 0.15) is 12.5 Å². The molecule has 0 bridgehead atoms. The molecule has 1 aliphatic heterocycles. The Morgan fingerprint density at radius 3 is 2.08 bits per heavy atom. The zero-order valence-electron chi connectivity index (χ0n) is 8.65. The van der Waals surface area contributed by atoms with Crippen molar-refractivity contribution in [1.82, 2.24) is 10.0 Å². The van der Waals surface area contributed by atoms with Crippen LogP contribution in [-0.2, 0) is 0 Å². The number of hydrogen-bond acceptors (Lipinski definition) is 3. The largest absolute Gasteiger partial charge is 0.292 e. The Balaban J connectivity index is 2.62. The summed E-state index contributed by atoms with van der Waals surface area (Å²) in [5, 5.41) is 4.38. The number of aliphatic imine (C=N–C) groups is 1. The summed E-state index contributed by atoms with van der Waals surface area (Å²) in [5.74, 6) is 0.579. The van der Waals surface area contributed by atoms with Crippen molar-refractivity contribution in [2.45, 2.75) is 39.9 Å². The molecule has 1 rings (SSSR count). The van der Waals surface area contributed by atoms with Crippen LogP contribution in [0, 0.1) is 5.92 Å². The summed E-state index contributed by atoms with van der Waals surface area (Å²) < 4.78 is 0. The van der Waals surface area contributed by atoms with Crippen LogP contribution in [-0.4, -0.2) is 35.6 Å². The summed E-state index contributed by atoms with van der Waals surface area (Å²) in [6, 6.07) is 0.502. The summed E-state index contributed by atoms with van der Waals surface area (Å²) in [6.45, 7) is 8.74. The van der Waals surface area contributed by atoms with Gasteiger partial charge in [-0.25, -0.2) is 0 Å². The highest BCUT2D eigenvalue weighted by atomic mass is 15.7. The maximum absolute atomic E-state index is 4.45. The fraction of sp³-hybridized carbons (Fsp3) is 0.889. The van der Waals surface area contributed by atoms with Crippen LogP contribution in [0.5, 0.6) is 0 Å². The van der Waals surface area contributed by atoms with E-state index in [4.69, 9.17) is 0 Å². The van der Waals surface area contributed by atoms with Crippen molar-refractivity contribution in [3.05, 3.63) is 0 Å². The van der Waals surface area contributed by atoms with Gasteiger partial charge >= 0.3 is 0 Å². The molecule has 0 aromatic heterocycles. The Labute approximate surface area is 75.0 Å². The van der Waals surface area contributed by atoms with Crippen molar-refractivity contribution in [3.63, 3.8) is 0 Å². The van der Waals surface area contributed by atoms with Crippen molar-refractivity contribution in [3.8, 4) is 0 Å². The molecule has 1 aliphatic rings. The van der Waals surface area contributed by atoms with Gasteiger partial charge in [-0.05, 0) is 19.8 Å². The van der Waals surface area contributed by atoms with Crippen molar-refractivity contribution in [1.29, 1.82) is 0 Å². The van der Waals surface area contributed by atoms with Gasteiger partial charge in [-0.15, -0.1) is 0 Å². The molecule has 0 aromatic carbocycles. The van der Waals surface area contributed by atoms with Gasteiger partial charge in [-0.2, -0.15) is 5.01 Å². The van der Waals surface area contributed by atoms with Gasteiger partial charge in [-0.1, -0.05) is 13.8 Å². The van der Waals surface area contributed by atoms with E-state index in [1.54, 1.807) is 0 Å². The number of hydrogen-bond donors (Lipinski definition) is 0. The van der Waals surface area contributed by atoms with Gasteiger partial charge in [0, 0.05) is 13.1 Å². The summed E-state index contributed by atoms with van der Waals surface area (Å²) in [7, 11) is 2.09. The third kappa shape index (κ3) is 1.61. The molecule has 12 heavy (non-hydrogen) atoms. The smallest absolute Gasteiger partial charge is 0.123 e. The van der Waals surface area contributed by atoms with E-state index >= 15 is 0 Å². The molecule has 0 saturated heterocycles. The van der Waals surface area contributed by atoms with E-state index in [0.717, 1.165) is 0 Å². The summed E-state index contributed by atoms with van der Waals surface area (Å²) in [4.78, 5) is 4.45. The molecule has 0 radical (unpaired) electrons. The highest BCUT2D eigenvalue weighted by Gasteiger charge is 2.27. The second kappa shape index (κ2) is 3.44. The lowest BCUT2D eigenvalue weighted by Crippen LogP contribution is -2.44. The lowest BCUT2D eigenvalue weighted by molar-refractivity contribution is 0.0185. The summed E-state index contributed by atoms with van der Waals surface area (Å²) in [5.41, 5.74) is 0. The molecule has 1 atom stereocenters. The molecule has 0 spiro atoms. The molecule has 0 amide bonds. The fourth-order valence-corrected chi connectivity index (χ4v) is 1.55. The SMILES string of the molecule is CC(C)C1N=CN(C(C)C)N1C. The minimum Gasteiger partial charge on any atom is -0.292 e. The van der Waals surface area contributed by atoms with Crippen LogP contribution < -0.4 is 0 Å². The average molecular weight is 169 g/mol. The quantitative estimate of drug-likeness (QED) is 0.625. The molecule has 70 valence electrons. The molecule has 0 N–H and O–H groups in total. The minimum atomic E-state index is 0.326. The first kappa shape index (κ1) is 9.52. The van der Waals surface area contributed by atoms with Crippen molar-refractivity contribution in [2.75, 3.05) is 7.05 Å². The van der Waals surface area contributed by atoms with Gasteiger partial charge in [0.05, 0.1) is 0 Å². The highest BCUT2D eigenvalue weighted by molar-refractivity contribution is 5.57. The second-order valence-corrected chi connectivity index (χ2v) is 3.97. The fourth-order valence-electron chi connectivity index (χ4n) is 1.55. The van der Waals surface area contributed by atoms with E-state index < -0.39 is 0 Å². The maximum Gasteiger partial charge on any atom is 0.123 e. The first-order chi connectivity index (χ1) is 5.54. The highest BCUT2D eigenvalue weighted by Crippen LogP contribution is 2.18. The van der Waals surface area contributed by atoms with Crippen LogP contribution in [0.4, 0.5) is 0 Å². The second-order valence-electron chi connectivity index (χ2n) is 3.97. The maximum atomic E-state index is 4.45. The Morgan fingerprint density at radius 2 is 1.83 bits per heavy atom. The predicted octanol–water partition coefficient (Wildman–Crippen LogP) is 1.57. The Hall–Kier alpha value is -0.570. The Morgan fingerprint density at radius 1 is 1.25 bits per heavy atom. The topological polar surface area (TPSA) is 18.8 Å². The summed E-state index contributed by atoms with van der Waals surface area (Å²) >= 11 is 0. The molecule has 0 aromatic rings. The van der Waals surface area contributed by atoms with E-state index in [1.807, 2.05) is 6.34 Å². The summed E-state index contributed by atoms with van der Waals surface area (Å²) in [6.07, 6.45) is 2.27. The normalized spacial score (nSPS) is 24.9. The van der Waals surface area contributed by atoms with Crippen molar-refractivity contribution >= 4 is 6.34 Å². The van der Waals surface area contributed by atoms with E-state index in [2.05, 4.69) is 49.8 Å². The van der Waals surface area contributed by atoms with E-state index in [0.29, 0.717) is 18.1 Å². The Kier molecular flexibility index (Phi) is 2.73. The first-order valence-electron chi connectivity index (χ1n) is 4.58. The van der Waals surface area contributed by atoms with E-state index in [-0.39, 0.29) is 0 Å². The number of nitrogens with zero attached hydrogens (tertiary/aromatic N) is 3. The van der Waals surface area contributed by atoms with Crippen molar-refractivity contribution in [2.24, 2.45) is 10.9 Å². The Bertz CT molecular complexity index is 157. The standard InChI is InChI=1S/C9H19N3/c1-7(2)9-10-6-12(8(3)4)11(9)5/h6-9H,1-5H3. The molecular formula is C9H19N3. The molecule has 0 saturated carbocycles. The monoisotopic (exact) mass is 169 g/mol. The van der Waals surface area contributed by atoms with Gasteiger partial charge in [-0.3, -0.25) is 10.0 Å². The van der Waals surface area contributed by atoms with Crippen LogP contribution >= 0.6 is 0 Å². The van der Waals surface area contributed by atoms with Crippen LogP contribution in [0.1, 0.15) is 27.7 Å². The van der Waals surface area contributed by atoms with E-state index in [1.165, 1.54) is 0 Å². The third-order valence-corrected chi connectivity index (χ3v) is 2.21. The van der Waals surface area contributed by atoms with Crippen LogP contribution in [0.15, 0.2) is 4.99 Å². The molecule has 3 heteroatoms. The number of hydrazine groups is 1. The van der Waals surface area contributed by atoms with Crippen LogP contribution in [0.2, 0.25) is 0 Å². The van der Waals surface area contributed by atoms with Gasteiger partial charge in [0.2, 0.25) is 0 Å². The zero-order valence-corrected chi connectivity index (χ0v) is 8.65. The molecule has 0 fully saturated rings. The number of rotatable bonds is 2. The lowest BCUT2D eigenvalue weighted by atomic mass is 10.1. The molecular weight excluding hydrogens is 150 g/mol. The molecule has 1 heterocycles. The third-order valence-electron chi connectivity index (χ3n) is 2.21. The van der Waals surface area contributed by atoms with Crippen LogP contribution in [0.25, 0.3) is 0 Å². The van der Waals surface area contributed by atoms with Gasteiger partial charge in [0.25, 0.3) is 0 Å². The lowest BCUT2D eigenvalue weighted by Gasteiger charge is -2.32. The van der Waals surface area contributed by atoms with E-state index in [9.17, 15) is 0 Å². The predicted molar refractivity (Wildman–Crippen MR) is 51.9 cm³/mol. The molecule has 3 nitrogen and oxygen atoms in total. The van der Waals surface area contributed by atoms with Crippen LogP contribution in [0.3, 0.4) is 0 Å². The van der Waals surface area contributed by atoms with Crippen molar-refractivity contribution < 1.29 is 0 Å². The first-order valence-corrected chi connectivity index (χ1v) is 4.58.